The second-order valence-electron chi connectivity index (χ2n) is 5.15. The molecule has 3 nitrogen and oxygen atoms in total. The van der Waals surface area contributed by atoms with Gasteiger partial charge in [-0.05, 0) is 24.1 Å². The highest BCUT2D eigenvalue weighted by Crippen LogP contribution is 2.32. The molecule has 1 aromatic rings. The molecule has 2 rings (SSSR count). The average molecular weight is 356 g/mol. The third kappa shape index (κ3) is 5.84. The first-order valence-electron chi connectivity index (χ1n) is 7.15. The molecular weight excluding hydrogens is 331 g/mol. The molecular formula is C15H25Cl3N2O. The third-order valence-electron chi connectivity index (χ3n) is 3.78. The standard InChI is InChI=1S/C15H23ClN2O.2ClH/c1-2-3-4-14(18-9-7-17-8-10-18)12-5-6-15(19)13(16)11-12;;/h5-6,11,14,17,19H,2-4,7-10H2,1H3;2*1H/t14-;;/m0../s1. The van der Waals surface area contributed by atoms with Gasteiger partial charge in [-0.25, -0.2) is 0 Å². The molecule has 1 aliphatic rings. The highest BCUT2D eigenvalue weighted by atomic mass is 35.5. The summed E-state index contributed by atoms with van der Waals surface area (Å²) in [6.07, 6.45) is 3.57. The summed E-state index contributed by atoms with van der Waals surface area (Å²) in [4.78, 5) is 2.52. The maximum Gasteiger partial charge on any atom is 0.134 e. The van der Waals surface area contributed by atoms with E-state index in [1.54, 1.807) is 6.07 Å². The first-order valence-corrected chi connectivity index (χ1v) is 7.53. The van der Waals surface area contributed by atoms with Crippen molar-refractivity contribution >= 4 is 36.4 Å². The highest BCUT2D eigenvalue weighted by molar-refractivity contribution is 6.32. The Morgan fingerprint density at radius 3 is 2.52 bits per heavy atom. The van der Waals surface area contributed by atoms with Gasteiger partial charge in [0.2, 0.25) is 0 Å². The Morgan fingerprint density at radius 2 is 1.95 bits per heavy atom. The lowest BCUT2D eigenvalue weighted by Crippen LogP contribution is -2.45. The monoisotopic (exact) mass is 354 g/mol. The van der Waals surface area contributed by atoms with Crippen LogP contribution in [0, 0.1) is 0 Å². The van der Waals surface area contributed by atoms with Crippen LogP contribution in [0.5, 0.6) is 5.75 Å². The zero-order chi connectivity index (χ0) is 13.7. The Morgan fingerprint density at radius 1 is 1.29 bits per heavy atom. The van der Waals surface area contributed by atoms with Gasteiger partial charge < -0.3 is 10.4 Å². The molecule has 2 N–H and O–H groups in total. The summed E-state index contributed by atoms with van der Waals surface area (Å²) in [5.41, 5.74) is 1.22. The molecule has 0 unspecified atom stereocenters. The largest absolute Gasteiger partial charge is 0.506 e. The first-order chi connectivity index (χ1) is 9.22. The zero-order valence-electron chi connectivity index (χ0n) is 12.3. The van der Waals surface area contributed by atoms with Crippen molar-refractivity contribution in [2.24, 2.45) is 0 Å². The summed E-state index contributed by atoms with van der Waals surface area (Å²) >= 11 is 6.05. The number of hydrogen-bond donors (Lipinski definition) is 2. The number of halogens is 3. The van der Waals surface area contributed by atoms with E-state index < -0.39 is 0 Å². The van der Waals surface area contributed by atoms with E-state index in [0.717, 1.165) is 32.6 Å². The normalized spacial score (nSPS) is 16.7. The summed E-state index contributed by atoms with van der Waals surface area (Å²) in [6.45, 7) is 6.47. The van der Waals surface area contributed by atoms with Crippen molar-refractivity contribution in [2.45, 2.75) is 32.2 Å². The number of benzene rings is 1. The molecule has 0 amide bonds. The molecule has 0 saturated carbocycles. The zero-order valence-corrected chi connectivity index (χ0v) is 14.7. The lowest BCUT2D eigenvalue weighted by atomic mass is 9.98. The molecule has 1 fully saturated rings. The third-order valence-corrected chi connectivity index (χ3v) is 4.08. The number of unbranched alkanes of at least 4 members (excludes halogenated alkanes) is 1. The molecule has 21 heavy (non-hydrogen) atoms. The number of nitrogens with one attached hydrogen (secondary N) is 1. The number of piperazine rings is 1. The molecule has 0 bridgehead atoms. The van der Waals surface area contributed by atoms with Crippen LogP contribution in [0.2, 0.25) is 5.02 Å². The quantitative estimate of drug-likeness (QED) is 0.837. The lowest BCUT2D eigenvalue weighted by Gasteiger charge is -2.35. The maximum absolute atomic E-state index is 9.56. The molecule has 1 heterocycles. The maximum atomic E-state index is 9.56. The number of phenolic OH excluding ortho intramolecular Hbond substituents is 1. The van der Waals surface area contributed by atoms with Crippen LogP contribution in [-0.4, -0.2) is 36.2 Å². The number of nitrogens with zero attached hydrogens (tertiary/aromatic N) is 1. The van der Waals surface area contributed by atoms with Crippen LogP contribution in [0.15, 0.2) is 18.2 Å². The van der Waals surface area contributed by atoms with Crippen molar-refractivity contribution in [3.05, 3.63) is 28.8 Å². The van der Waals surface area contributed by atoms with Gasteiger partial charge in [-0.2, -0.15) is 0 Å². The smallest absolute Gasteiger partial charge is 0.134 e. The Bertz CT molecular complexity index is 412. The van der Waals surface area contributed by atoms with E-state index in [9.17, 15) is 5.11 Å². The van der Waals surface area contributed by atoms with Gasteiger partial charge >= 0.3 is 0 Å². The van der Waals surface area contributed by atoms with Gasteiger partial charge in [-0.15, -0.1) is 24.8 Å². The lowest BCUT2D eigenvalue weighted by molar-refractivity contribution is 0.163. The Kier molecular flexibility index (Phi) is 10.4. The van der Waals surface area contributed by atoms with E-state index in [1.165, 1.54) is 18.4 Å². The van der Waals surface area contributed by atoms with Gasteiger partial charge in [0.1, 0.15) is 5.75 Å². The van der Waals surface area contributed by atoms with Crippen LogP contribution in [0.1, 0.15) is 37.8 Å². The highest BCUT2D eigenvalue weighted by Gasteiger charge is 2.22. The van der Waals surface area contributed by atoms with E-state index in [4.69, 9.17) is 11.6 Å². The molecule has 1 aliphatic heterocycles. The first kappa shape index (κ1) is 20.8. The van der Waals surface area contributed by atoms with Crippen molar-refractivity contribution in [3.63, 3.8) is 0 Å². The minimum Gasteiger partial charge on any atom is -0.506 e. The average Bonchev–Trinajstić information content (AvgIpc) is 2.44. The van der Waals surface area contributed by atoms with Crippen molar-refractivity contribution in [1.29, 1.82) is 0 Å². The summed E-state index contributed by atoms with van der Waals surface area (Å²) in [5.74, 6) is 0.167. The topological polar surface area (TPSA) is 35.5 Å². The molecule has 1 aromatic carbocycles. The van der Waals surface area contributed by atoms with E-state index in [-0.39, 0.29) is 30.6 Å². The van der Waals surface area contributed by atoms with Crippen LogP contribution >= 0.6 is 36.4 Å². The van der Waals surface area contributed by atoms with E-state index >= 15 is 0 Å². The molecule has 0 aromatic heterocycles. The van der Waals surface area contributed by atoms with E-state index in [1.807, 2.05) is 12.1 Å². The van der Waals surface area contributed by atoms with E-state index in [2.05, 4.69) is 17.1 Å². The SMILES string of the molecule is CCCC[C@@H](c1ccc(O)c(Cl)c1)N1CCNCC1.Cl.Cl. The molecule has 1 saturated heterocycles. The van der Waals surface area contributed by atoms with Crippen molar-refractivity contribution < 1.29 is 5.11 Å². The fraction of sp³-hybridized carbons (Fsp3) is 0.600. The van der Waals surface area contributed by atoms with Gasteiger partial charge in [0.15, 0.2) is 0 Å². The van der Waals surface area contributed by atoms with Crippen molar-refractivity contribution in [2.75, 3.05) is 26.2 Å². The predicted molar refractivity (Wildman–Crippen MR) is 94.3 cm³/mol. The molecule has 122 valence electrons. The van der Waals surface area contributed by atoms with Gasteiger partial charge in [0.05, 0.1) is 5.02 Å². The fourth-order valence-corrected chi connectivity index (χ4v) is 2.87. The number of phenols is 1. The summed E-state index contributed by atoms with van der Waals surface area (Å²) < 4.78 is 0. The van der Waals surface area contributed by atoms with Crippen molar-refractivity contribution in [1.82, 2.24) is 10.2 Å². The minimum atomic E-state index is 0. The van der Waals surface area contributed by atoms with Crippen LogP contribution in [-0.2, 0) is 0 Å². The van der Waals surface area contributed by atoms with Crippen LogP contribution in [0.4, 0.5) is 0 Å². The summed E-state index contributed by atoms with van der Waals surface area (Å²) in [6, 6.07) is 6.04. The van der Waals surface area contributed by atoms with Gasteiger partial charge in [-0.3, -0.25) is 4.90 Å². The van der Waals surface area contributed by atoms with Gasteiger partial charge in [0.25, 0.3) is 0 Å². The van der Waals surface area contributed by atoms with E-state index in [0.29, 0.717) is 11.1 Å². The molecule has 1 atom stereocenters. The summed E-state index contributed by atoms with van der Waals surface area (Å²) in [7, 11) is 0. The molecule has 0 spiro atoms. The molecule has 0 radical (unpaired) electrons. The fourth-order valence-electron chi connectivity index (χ4n) is 2.68. The van der Waals surface area contributed by atoms with Gasteiger partial charge in [-0.1, -0.05) is 37.4 Å². The predicted octanol–water partition coefficient (Wildman–Crippen LogP) is 4.03. The Labute approximate surface area is 144 Å². The summed E-state index contributed by atoms with van der Waals surface area (Å²) in [5, 5.41) is 13.4. The van der Waals surface area contributed by atoms with Crippen molar-refractivity contribution in [3.8, 4) is 5.75 Å². The van der Waals surface area contributed by atoms with Gasteiger partial charge in [0, 0.05) is 32.2 Å². The minimum absolute atomic E-state index is 0. The second-order valence-corrected chi connectivity index (χ2v) is 5.56. The molecule has 0 aliphatic carbocycles. The van der Waals surface area contributed by atoms with Crippen LogP contribution < -0.4 is 5.32 Å². The Balaban J connectivity index is 0.00000200. The second kappa shape index (κ2) is 10.5. The number of rotatable bonds is 5. The number of aromatic hydroxyl groups is 1. The van der Waals surface area contributed by atoms with Crippen LogP contribution in [0.25, 0.3) is 0 Å². The number of hydrogen-bond acceptors (Lipinski definition) is 3. The Hall–Kier alpha value is -0.190. The molecule has 6 heteroatoms. The van der Waals surface area contributed by atoms with Crippen LogP contribution in [0.3, 0.4) is 0 Å².